The van der Waals surface area contributed by atoms with E-state index < -0.39 is 0 Å². The number of benzene rings is 1. The third kappa shape index (κ3) is 1.78. The minimum absolute atomic E-state index is 0.768. The number of aromatic nitrogens is 3. The summed E-state index contributed by atoms with van der Waals surface area (Å²) < 4.78 is 2.03. The lowest BCUT2D eigenvalue weighted by molar-refractivity contribution is 1.01. The van der Waals surface area contributed by atoms with Crippen LogP contribution >= 0.6 is 0 Å². The zero-order valence-corrected chi connectivity index (χ0v) is 10.8. The van der Waals surface area contributed by atoms with Crippen LogP contribution in [0.3, 0.4) is 0 Å². The smallest absolute Gasteiger partial charge is 0.234 e. The second kappa shape index (κ2) is 3.95. The van der Waals surface area contributed by atoms with Gasteiger partial charge in [0.25, 0.3) is 0 Å². The quantitative estimate of drug-likeness (QED) is 0.650. The zero-order valence-electron chi connectivity index (χ0n) is 10.8. The number of rotatable bonds is 1. The molecule has 0 aliphatic rings. The number of hydrogen-bond acceptors (Lipinski definition) is 2. The molecule has 3 aromatic rings. The van der Waals surface area contributed by atoms with Crippen LogP contribution in [-0.4, -0.2) is 14.4 Å². The Morgan fingerprint density at radius 2 is 1.83 bits per heavy atom. The van der Waals surface area contributed by atoms with Crippen LogP contribution in [0.1, 0.15) is 17.0 Å². The van der Waals surface area contributed by atoms with E-state index in [1.807, 2.05) is 17.5 Å². The van der Waals surface area contributed by atoms with Crippen molar-refractivity contribution < 1.29 is 0 Å². The predicted molar refractivity (Wildman–Crippen MR) is 72.6 cm³/mol. The number of fused-ring (bicyclic) bond motifs is 1. The minimum atomic E-state index is 0.768. The van der Waals surface area contributed by atoms with Gasteiger partial charge in [-0.05, 0) is 32.9 Å². The average molecular weight is 237 g/mol. The molecule has 3 heteroatoms. The second-order valence-corrected chi connectivity index (χ2v) is 4.70. The maximum atomic E-state index is 4.60. The first-order valence-corrected chi connectivity index (χ1v) is 6.04. The number of aryl methyl sites for hydroxylation is 3. The van der Waals surface area contributed by atoms with E-state index in [1.54, 1.807) is 0 Å². The van der Waals surface area contributed by atoms with Crippen molar-refractivity contribution >= 4 is 5.78 Å². The first-order valence-electron chi connectivity index (χ1n) is 6.04. The molecule has 0 radical (unpaired) electrons. The molecule has 2 heterocycles. The molecule has 0 saturated heterocycles. The molecule has 0 fully saturated rings. The molecule has 2 aromatic heterocycles. The molecule has 0 amide bonds. The van der Waals surface area contributed by atoms with Crippen LogP contribution in [-0.2, 0) is 0 Å². The van der Waals surface area contributed by atoms with Crippen LogP contribution in [0.25, 0.3) is 17.0 Å². The highest BCUT2D eigenvalue weighted by Gasteiger charge is 2.07. The monoisotopic (exact) mass is 237 g/mol. The van der Waals surface area contributed by atoms with Crippen molar-refractivity contribution in [2.75, 3.05) is 0 Å². The van der Waals surface area contributed by atoms with Gasteiger partial charge in [-0.15, -0.1) is 0 Å². The predicted octanol–water partition coefficient (Wildman–Crippen LogP) is 3.32. The molecule has 0 N–H and O–H groups in total. The van der Waals surface area contributed by atoms with Gasteiger partial charge in [0.1, 0.15) is 0 Å². The van der Waals surface area contributed by atoms with Gasteiger partial charge in [-0.2, -0.15) is 0 Å². The number of nitrogens with zero attached hydrogens (tertiary/aromatic N) is 3. The summed E-state index contributed by atoms with van der Waals surface area (Å²) in [6.07, 6.45) is 2.05. The highest BCUT2D eigenvalue weighted by molar-refractivity contribution is 5.62. The van der Waals surface area contributed by atoms with Crippen molar-refractivity contribution in [3.05, 3.63) is 53.5 Å². The number of hydrogen-bond donors (Lipinski definition) is 0. The molecule has 0 spiro atoms. The van der Waals surface area contributed by atoms with Gasteiger partial charge < -0.3 is 0 Å². The Hall–Kier alpha value is -2.16. The van der Waals surface area contributed by atoms with E-state index in [1.165, 1.54) is 5.56 Å². The molecule has 1 aromatic carbocycles. The molecule has 0 unspecified atom stereocenters. The standard InChI is InChI=1S/C15H15N3/c1-10-5-4-6-13(7-10)14-9-18-12(3)8-11(2)16-15(18)17-14/h4-9H,1-3H3. The minimum Gasteiger partial charge on any atom is -0.288 e. The summed E-state index contributed by atoms with van der Waals surface area (Å²) in [6, 6.07) is 10.4. The zero-order chi connectivity index (χ0) is 12.7. The lowest BCUT2D eigenvalue weighted by atomic mass is 10.1. The van der Waals surface area contributed by atoms with E-state index in [0.717, 1.165) is 28.4 Å². The SMILES string of the molecule is Cc1cccc(-c2cn3c(C)cc(C)nc3n2)c1. The Morgan fingerprint density at radius 3 is 2.61 bits per heavy atom. The van der Waals surface area contributed by atoms with E-state index in [-0.39, 0.29) is 0 Å². The molecular weight excluding hydrogens is 222 g/mol. The van der Waals surface area contributed by atoms with Crippen molar-refractivity contribution in [3.8, 4) is 11.3 Å². The van der Waals surface area contributed by atoms with Crippen LogP contribution in [0.4, 0.5) is 0 Å². The summed E-state index contributed by atoms with van der Waals surface area (Å²) in [7, 11) is 0. The summed E-state index contributed by atoms with van der Waals surface area (Å²) >= 11 is 0. The van der Waals surface area contributed by atoms with Crippen molar-refractivity contribution in [2.45, 2.75) is 20.8 Å². The Labute approximate surface area is 106 Å². The fraction of sp³-hybridized carbons (Fsp3) is 0.200. The normalized spacial score (nSPS) is 11.1. The maximum Gasteiger partial charge on any atom is 0.234 e. The summed E-state index contributed by atoms with van der Waals surface area (Å²) in [5.41, 5.74) is 5.51. The van der Waals surface area contributed by atoms with Gasteiger partial charge >= 0.3 is 0 Å². The molecule has 0 atom stereocenters. The van der Waals surface area contributed by atoms with Gasteiger partial charge in [-0.25, -0.2) is 9.97 Å². The number of imidazole rings is 1. The van der Waals surface area contributed by atoms with Crippen molar-refractivity contribution in [1.82, 2.24) is 14.4 Å². The third-order valence-electron chi connectivity index (χ3n) is 3.08. The lowest BCUT2D eigenvalue weighted by Gasteiger charge is -1.99. The van der Waals surface area contributed by atoms with Gasteiger partial charge in [0, 0.05) is 23.1 Å². The Kier molecular flexibility index (Phi) is 2.40. The fourth-order valence-corrected chi connectivity index (χ4v) is 2.21. The largest absolute Gasteiger partial charge is 0.288 e. The Balaban J connectivity index is 2.22. The molecule has 0 bridgehead atoms. The fourth-order valence-electron chi connectivity index (χ4n) is 2.21. The van der Waals surface area contributed by atoms with Gasteiger partial charge in [0.05, 0.1) is 5.69 Å². The van der Waals surface area contributed by atoms with Gasteiger partial charge in [-0.1, -0.05) is 23.8 Å². The van der Waals surface area contributed by atoms with E-state index in [9.17, 15) is 0 Å². The maximum absolute atomic E-state index is 4.60. The first-order chi connectivity index (χ1) is 8.63. The molecule has 18 heavy (non-hydrogen) atoms. The van der Waals surface area contributed by atoms with E-state index in [0.29, 0.717) is 0 Å². The summed E-state index contributed by atoms with van der Waals surface area (Å²) in [4.78, 5) is 9.05. The highest BCUT2D eigenvalue weighted by atomic mass is 15.1. The highest BCUT2D eigenvalue weighted by Crippen LogP contribution is 2.20. The van der Waals surface area contributed by atoms with Crippen LogP contribution in [0.5, 0.6) is 0 Å². The third-order valence-corrected chi connectivity index (χ3v) is 3.08. The van der Waals surface area contributed by atoms with Crippen LogP contribution in [0, 0.1) is 20.8 Å². The summed E-state index contributed by atoms with van der Waals surface area (Å²) in [5.74, 6) is 0.768. The van der Waals surface area contributed by atoms with Crippen LogP contribution < -0.4 is 0 Å². The summed E-state index contributed by atoms with van der Waals surface area (Å²) in [6.45, 7) is 6.16. The van der Waals surface area contributed by atoms with Crippen LogP contribution in [0.15, 0.2) is 36.5 Å². The van der Waals surface area contributed by atoms with Crippen molar-refractivity contribution in [2.24, 2.45) is 0 Å². The van der Waals surface area contributed by atoms with Crippen LogP contribution in [0.2, 0.25) is 0 Å². The average Bonchev–Trinajstić information content (AvgIpc) is 2.73. The van der Waals surface area contributed by atoms with E-state index >= 15 is 0 Å². The molecule has 0 saturated carbocycles. The lowest BCUT2D eigenvalue weighted by Crippen LogP contribution is -1.94. The second-order valence-electron chi connectivity index (χ2n) is 4.70. The van der Waals surface area contributed by atoms with Gasteiger partial charge in [-0.3, -0.25) is 4.40 Å². The summed E-state index contributed by atoms with van der Waals surface area (Å²) in [5, 5.41) is 0. The van der Waals surface area contributed by atoms with E-state index in [2.05, 4.69) is 54.1 Å². The first kappa shape index (κ1) is 11.0. The van der Waals surface area contributed by atoms with Gasteiger partial charge in [0.15, 0.2) is 0 Å². The molecule has 0 aliphatic carbocycles. The van der Waals surface area contributed by atoms with Crippen molar-refractivity contribution in [3.63, 3.8) is 0 Å². The molecular formula is C15H15N3. The Bertz CT molecular complexity index is 726. The molecule has 3 rings (SSSR count). The molecule has 0 aliphatic heterocycles. The Morgan fingerprint density at radius 1 is 1.00 bits per heavy atom. The molecule has 90 valence electrons. The topological polar surface area (TPSA) is 30.2 Å². The van der Waals surface area contributed by atoms with Gasteiger partial charge in [0.2, 0.25) is 5.78 Å². The molecule has 3 nitrogen and oxygen atoms in total. The van der Waals surface area contributed by atoms with E-state index in [4.69, 9.17) is 0 Å². The van der Waals surface area contributed by atoms with Crippen molar-refractivity contribution in [1.29, 1.82) is 0 Å².